The fourth-order valence-corrected chi connectivity index (χ4v) is 1.87. The van der Waals surface area contributed by atoms with Crippen LogP contribution in [0.3, 0.4) is 0 Å². The molecule has 17 heavy (non-hydrogen) atoms. The number of hydrogen-bond acceptors (Lipinski definition) is 7. The molecule has 7 nitrogen and oxygen atoms in total. The fraction of sp³-hybridized carbons (Fsp3) is 0.700. The van der Waals surface area contributed by atoms with Crippen LogP contribution in [0.1, 0.15) is 13.3 Å². The Morgan fingerprint density at radius 2 is 2.29 bits per heavy atom. The van der Waals surface area contributed by atoms with E-state index < -0.39 is 0 Å². The molecule has 0 aliphatic carbocycles. The van der Waals surface area contributed by atoms with Crippen LogP contribution in [0, 0.1) is 0 Å². The van der Waals surface area contributed by atoms with E-state index in [2.05, 4.69) is 32.2 Å². The summed E-state index contributed by atoms with van der Waals surface area (Å²) in [4.78, 5) is 14.4. The van der Waals surface area contributed by atoms with Gasteiger partial charge >= 0.3 is 6.01 Å². The van der Waals surface area contributed by atoms with E-state index >= 15 is 0 Å². The standard InChI is InChI=1S/C10H18N6O/c1-3-17-10-14-8(11)13-9(15-10)12-7-4-5-16(2)6-7/h7H,3-6H2,1-2H3,(H3,11,12,13,14,15). The van der Waals surface area contributed by atoms with Crippen LogP contribution in [0.15, 0.2) is 0 Å². The minimum Gasteiger partial charge on any atom is -0.464 e. The lowest BCUT2D eigenvalue weighted by Crippen LogP contribution is -2.25. The predicted octanol–water partition coefficient (Wildman–Crippen LogP) is -0.0315. The van der Waals surface area contributed by atoms with E-state index in [1.54, 1.807) is 0 Å². The van der Waals surface area contributed by atoms with Gasteiger partial charge in [-0.3, -0.25) is 0 Å². The Hall–Kier alpha value is -1.63. The van der Waals surface area contributed by atoms with Crippen molar-refractivity contribution >= 4 is 11.9 Å². The molecule has 0 amide bonds. The second-order valence-electron chi connectivity index (χ2n) is 4.12. The van der Waals surface area contributed by atoms with Gasteiger partial charge in [0.2, 0.25) is 11.9 Å². The quantitative estimate of drug-likeness (QED) is 0.761. The molecular formula is C10H18N6O. The van der Waals surface area contributed by atoms with Crippen molar-refractivity contribution in [3.63, 3.8) is 0 Å². The monoisotopic (exact) mass is 238 g/mol. The summed E-state index contributed by atoms with van der Waals surface area (Å²) in [5, 5.41) is 3.25. The maximum absolute atomic E-state index is 5.60. The van der Waals surface area contributed by atoms with Gasteiger partial charge < -0.3 is 20.7 Å². The van der Waals surface area contributed by atoms with E-state index in [0.717, 1.165) is 19.5 Å². The Balaban J connectivity index is 2.04. The maximum atomic E-state index is 5.60. The first kappa shape index (κ1) is 11.8. The summed E-state index contributed by atoms with van der Waals surface area (Å²) in [5.74, 6) is 0.665. The first-order valence-electron chi connectivity index (χ1n) is 5.77. The van der Waals surface area contributed by atoms with Gasteiger partial charge in [-0.25, -0.2) is 0 Å². The summed E-state index contributed by atoms with van der Waals surface area (Å²) in [5.41, 5.74) is 5.60. The van der Waals surface area contributed by atoms with Crippen molar-refractivity contribution in [2.24, 2.45) is 0 Å². The molecule has 1 saturated heterocycles. The normalized spacial score (nSPS) is 20.5. The average molecular weight is 238 g/mol. The van der Waals surface area contributed by atoms with E-state index in [-0.39, 0.29) is 12.0 Å². The van der Waals surface area contributed by atoms with Gasteiger partial charge in [0.25, 0.3) is 0 Å². The number of rotatable bonds is 4. The summed E-state index contributed by atoms with van der Waals surface area (Å²) in [6, 6.07) is 0.630. The molecule has 0 saturated carbocycles. The van der Waals surface area contributed by atoms with Crippen molar-refractivity contribution in [3.05, 3.63) is 0 Å². The van der Waals surface area contributed by atoms with Gasteiger partial charge in [0.1, 0.15) is 0 Å². The lowest BCUT2D eigenvalue weighted by atomic mass is 10.3. The second kappa shape index (κ2) is 5.13. The molecule has 0 radical (unpaired) electrons. The smallest absolute Gasteiger partial charge is 0.323 e. The number of nitrogen functional groups attached to an aromatic ring is 1. The molecule has 94 valence electrons. The first-order valence-corrected chi connectivity index (χ1v) is 5.77. The Labute approximate surface area is 100 Å². The van der Waals surface area contributed by atoms with Crippen LogP contribution in [0.25, 0.3) is 0 Å². The lowest BCUT2D eigenvalue weighted by Gasteiger charge is -2.13. The van der Waals surface area contributed by atoms with Crippen LogP contribution in [-0.2, 0) is 0 Å². The third-order valence-electron chi connectivity index (χ3n) is 2.63. The van der Waals surface area contributed by atoms with E-state index in [0.29, 0.717) is 18.6 Å². The highest BCUT2D eigenvalue weighted by Gasteiger charge is 2.20. The molecular weight excluding hydrogens is 220 g/mol. The van der Waals surface area contributed by atoms with Crippen LogP contribution < -0.4 is 15.8 Å². The number of likely N-dealkylation sites (tertiary alicyclic amines) is 1. The highest BCUT2D eigenvalue weighted by molar-refractivity contribution is 5.33. The van der Waals surface area contributed by atoms with Gasteiger partial charge in [0.15, 0.2) is 0 Å². The van der Waals surface area contributed by atoms with Crippen molar-refractivity contribution in [3.8, 4) is 6.01 Å². The number of likely N-dealkylation sites (N-methyl/N-ethyl adjacent to an activating group) is 1. The molecule has 1 unspecified atom stereocenters. The molecule has 2 rings (SSSR count). The first-order chi connectivity index (χ1) is 8.17. The highest BCUT2D eigenvalue weighted by Crippen LogP contribution is 2.14. The molecule has 1 aliphatic heterocycles. The van der Waals surface area contributed by atoms with Crippen LogP contribution in [-0.4, -0.2) is 52.6 Å². The van der Waals surface area contributed by atoms with Crippen molar-refractivity contribution in [1.82, 2.24) is 19.9 Å². The summed E-state index contributed by atoms with van der Waals surface area (Å²) in [6.45, 7) is 4.44. The van der Waals surface area contributed by atoms with Crippen molar-refractivity contribution in [2.75, 3.05) is 37.8 Å². The topological polar surface area (TPSA) is 89.2 Å². The van der Waals surface area contributed by atoms with E-state index in [1.165, 1.54) is 0 Å². The summed E-state index contributed by atoms with van der Waals surface area (Å²) in [7, 11) is 2.09. The number of hydrogen-bond donors (Lipinski definition) is 2. The summed E-state index contributed by atoms with van der Waals surface area (Å²) >= 11 is 0. The Bertz CT molecular complexity index is 385. The zero-order valence-electron chi connectivity index (χ0n) is 10.2. The Morgan fingerprint density at radius 1 is 1.47 bits per heavy atom. The van der Waals surface area contributed by atoms with Gasteiger partial charge in [-0.1, -0.05) is 0 Å². The number of nitrogens with one attached hydrogen (secondary N) is 1. The zero-order chi connectivity index (χ0) is 12.3. The predicted molar refractivity (Wildman–Crippen MR) is 64.9 cm³/mol. The minimum absolute atomic E-state index is 0.178. The summed E-state index contributed by atoms with van der Waals surface area (Å²) in [6.07, 6.45) is 1.08. The average Bonchev–Trinajstić information content (AvgIpc) is 2.63. The van der Waals surface area contributed by atoms with Crippen LogP contribution in [0.5, 0.6) is 6.01 Å². The van der Waals surface area contributed by atoms with Crippen molar-refractivity contribution < 1.29 is 4.74 Å². The zero-order valence-corrected chi connectivity index (χ0v) is 10.2. The third-order valence-corrected chi connectivity index (χ3v) is 2.63. The van der Waals surface area contributed by atoms with Crippen LogP contribution >= 0.6 is 0 Å². The van der Waals surface area contributed by atoms with E-state index in [1.807, 2.05) is 6.92 Å². The van der Waals surface area contributed by atoms with Gasteiger partial charge in [0, 0.05) is 12.6 Å². The van der Waals surface area contributed by atoms with Crippen molar-refractivity contribution in [1.29, 1.82) is 0 Å². The van der Waals surface area contributed by atoms with E-state index in [4.69, 9.17) is 10.5 Å². The second-order valence-corrected chi connectivity index (χ2v) is 4.12. The largest absolute Gasteiger partial charge is 0.464 e. The van der Waals surface area contributed by atoms with Crippen molar-refractivity contribution in [2.45, 2.75) is 19.4 Å². The molecule has 1 fully saturated rings. The highest BCUT2D eigenvalue weighted by atomic mass is 16.5. The molecule has 0 bridgehead atoms. The fourth-order valence-electron chi connectivity index (χ4n) is 1.87. The van der Waals surface area contributed by atoms with Gasteiger partial charge in [-0.05, 0) is 26.9 Å². The molecule has 1 aromatic rings. The molecule has 1 aliphatic rings. The molecule has 1 aromatic heterocycles. The van der Waals surface area contributed by atoms with Crippen LogP contribution in [0.2, 0.25) is 0 Å². The maximum Gasteiger partial charge on any atom is 0.323 e. The Kier molecular flexibility index (Phi) is 3.58. The number of anilines is 2. The molecule has 0 spiro atoms. The number of aromatic nitrogens is 3. The Morgan fingerprint density at radius 3 is 2.94 bits per heavy atom. The number of nitrogens with two attached hydrogens (primary N) is 1. The SMILES string of the molecule is CCOc1nc(N)nc(NC2CCN(C)C2)n1. The van der Waals surface area contributed by atoms with E-state index in [9.17, 15) is 0 Å². The van der Waals surface area contributed by atoms with Gasteiger partial charge in [-0.15, -0.1) is 0 Å². The minimum atomic E-state index is 0.178. The number of ether oxygens (including phenoxy) is 1. The van der Waals surface area contributed by atoms with Gasteiger partial charge in [-0.2, -0.15) is 15.0 Å². The summed E-state index contributed by atoms with van der Waals surface area (Å²) < 4.78 is 5.22. The molecule has 0 aromatic carbocycles. The molecule has 3 N–H and O–H groups in total. The molecule has 2 heterocycles. The molecule has 7 heteroatoms. The van der Waals surface area contributed by atoms with Gasteiger partial charge in [0.05, 0.1) is 6.61 Å². The van der Waals surface area contributed by atoms with Crippen LogP contribution in [0.4, 0.5) is 11.9 Å². The lowest BCUT2D eigenvalue weighted by molar-refractivity contribution is 0.312. The molecule has 1 atom stereocenters. The number of nitrogens with zero attached hydrogens (tertiary/aromatic N) is 4. The third kappa shape index (κ3) is 3.16.